The van der Waals surface area contributed by atoms with Gasteiger partial charge in [-0.1, -0.05) is 0 Å². The number of anilines is 1. The van der Waals surface area contributed by atoms with Crippen LogP contribution in [-0.4, -0.2) is 22.4 Å². The molecule has 0 radical (unpaired) electrons. The summed E-state index contributed by atoms with van der Waals surface area (Å²) < 4.78 is 1.56. The van der Waals surface area contributed by atoms with E-state index in [1.165, 1.54) is 0 Å². The first-order chi connectivity index (χ1) is 6.65. The summed E-state index contributed by atoms with van der Waals surface area (Å²) in [4.78, 5) is 11.0. The molecule has 1 aromatic heterocycles. The van der Waals surface area contributed by atoms with Gasteiger partial charge in [0.2, 0.25) is 0 Å². The number of carbonyl (C=O) groups is 1. The first-order valence-corrected chi connectivity index (χ1v) is 4.43. The van der Waals surface area contributed by atoms with Crippen LogP contribution in [0, 0.1) is 0 Å². The molecule has 1 aromatic rings. The second-order valence-electron chi connectivity index (χ2n) is 2.89. The number of rotatable bonds is 3. The molecule has 6 nitrogen and oxygen atoms in total. The van der Waals surface area contributed by atoms with Crippen LogP contribution in [0.5, 0.6) is 0 Å². The number of nitrogens with zero attached hydrogens (tertiary/aromatic N) is 2. The normalized spacial score (nSPS) is 9.86. The largest absolute Gasteiger partial charge is 0.384 e. The summed E-state index contributed by atoms with van der Waals surface area (Å²) in [5.41, 5.74) is 6.51. The standard InChI is InChI=1S/C8H15N5O/c1-3-10-8(14)11-4-6-5-12-13(2)7(6)9/h5H,3-4,9H2,1-2H3,(H2,10,11,14). The fraction of sp³-hybridized carbons (Fsp3) is 0.500. The Hall–Kier alpha value is -1.72. The van der Waals surface area contributed by atoms with Crippen molar-refractivity contribution in [3.8, 4) is 0 Å². The Kier molecular flexibility index (Phi) is 3.33. The molecule has 78 valence electrons. The van der Waals surface area contributed by atoms with E-state index in [0.29, 0.717) is 18.9 Å². The molecule has 6 heteroatoms. The Morgan fingerprint density at radius 3 is 2.86 bits per heavy atom. The lowest BCUT2D eigenvalue weighted by atomic mass is 10.3. The zero-order chi connectivity index (χ0) is 10.6. The van der Waals surface area contributed by atoms with E-state index in [1.807, 2.05) is 6.92 Å². The number of hydrogen-bond donors (Lipinski definition) is 3. The minimum atomic E-state index is -0.198. The van der Waals surface area contributed by atoms with E-state index in [-0.39, 0.29) is 6.03 Å². The number of nitrogens with one attached hydrogen (secondary N) is 2. The number of aryl methyl sites for hydroxylation is 1. The van der Waals surface area contributed by atoms with E-state index in [9.17, 15) is 4.79 Å². The molecule has 0 unspecified atom stereocenters. The second kappa shape index (κ2) is 4.50. The Morgan fingerprint density at radius 2 is 2.36 bits per heavy atom. The van der Waals surface area contributed by atoms with Gasteiger partial charge in [0, 0.05) is 25.7 Å². The smallest absolute Gasteiger partial charge is 0.315 e. The highest BCUT2D eigenvalue weighted by Crippen LogP contribution is 2.07. The van der Waals surface area contributed by atoms with Crippen LogP contribution in [0.2, 0.25) is 0 Å². The van der Waals surface area contributed by atoms with Gasteiger partial charge < -0.3 is 16.4 Å². The maximum Gasteiger partial charge on any atom is 0.315 e. The van der Waals surface area contributed by atoms with E-state index in [2.05, 4.69) is 15.7 Å². The van der Waals surface area contributed by atoms with Gasteiger partial charge in [0.1, 0.15) is 5.82 Å². The van der Waals surface area contributed by atoms with Gasteiger partial charge in [-0.25, -0.2) is 4.79 Å². The highest BCUT2D eigenvalue weighted by Gasteiger charge is 2.05. The number of amides is 2. The third-order valence-electron chi connectivity index (χ3n) is 1.84. The lowest BCUT2D eigenvalue weighted by molar-refractivity contribution is 0.241. The van der Waals surface area contributed by atoms with Crippen molar-refractivity contribution >= 4 is 11.8 Å². The molecule has 0 aliphatic carbocycles. The van der Waals surface area contributed by atoms with Gasteiger partial charge in [-0.05, 0) is 6.92 Å². The summed E-state index contributed by atoms with van der Waals surface area (Å²) in [6.45, 7) is 2.86. The van der Waals surface area contributed by atoms with Gasteiger partial charge in [-0.2, -0.15) is 5.10 Å². The zero-order valence-electron chi connectivity index (χ0n) is 8.37. The Balaban J connectivity index is 2.46. The number of urea groups is 1. The zero-order valence-corrected chi connectivity index (χ0v) is 8.37. The van der Waals surface area contributed by atoms with Crippen LogP contribution in [0.1, 0.15) is 12.5 Å². The average Bonchev–Trinajstić information content (AvgIpc) is 2.46. The summed E-state index contributed by atoms with van der Waals surface area (Å²) >= 11 is 0. The summed E-state index contributed by atoms with van der Waals surface area (Å²) in [6.07, 6.45) is 1.64. The highest BCUT2D eigenvalue weighted by atomic mass is 16.2. The summed E-state index contributed by atoms with van der Waals surface area (Å²) in [5.74, 6) is 0.571. The van der Waals surface area contributed by atoms with Crippen molar-refractivity contribution in [1.29, 1.82) is 0 Å². The van der Waals surface area contributed by atoms with Gasteiger partial charge >= 0.3 is 6.03 Å². The molecule has 0 aliphatic rings. The van der Waals surface area contributed by atoms with Crippen molar-refractivity contribution < 1.29 is 4.79 Å². The predicted molar refractivity (Wildman–Crippen MR) is 53.5 cm³/mol. The minimum Gasteiger partial charge on any atom is -0.384 e. The first kappa shape index (κ1) is 10.4. The molecule has 2 amide bonds. The molecule has 0 fully saturated rings. The van der Waals surface area contributed by atoms with Crippen molar-refractivity contribution in [2.75, 3.05) is 12.3 Å². The fourth-order valence-corrected chi connectivity index (χ4v) is 1.03. The molecule has 1 rings (SSSR count). The highest BCUT2D eigenvalue weighted by molar-refractivity contribution is 5.73. The van der Waals surface area contributed by atoms with E-state index in [0.717, 1.165) is 5.56 Å². The van der Waals surface area contributed by atoms with E-state index < -0.39 is 0 Å². The van der Waals surface area contributed by atoms with Crippen molar-refractivity contribution in [3.05, 3.63) is 11.8 Å². The van der Waals surface area contributed by atoms with Crippen molar-refractivity contribution in [1.82, 2.24) is 20.4 Å². The molecule has 0 aliphatic heterocycles. The van der Waals surface area contributed by atoms with Crippen LogP contribution < -0.4 is 16.4 Å². The van der Waals surface area contributed by atoms with Gasteiger partial charge in [0.05, 0.1) is 6.20 Å². The van der Waals surface area contributed by atoms with Gasteiger partial charge in [0.15, 0.2) is 0 Å². The van der Waals surface area contributed by atoms with Crippen LogP contribution in [0.15, 0.2) is 6.20 Å². The van der Waals surface area contributed by atoms with Crippen LogP contribution in [0.25, 0.3) is 0 Å². The van der Waals surface area contributed by atoms with Crippen LogP contribution >= 0.6 is 0 Å². The van der Waals surface area contributed by atoms with Crippen LogP contribution in [-0.2, 0) is 13.6 Å². The van der Waals surface area contributed by atoms with Gasteiger partial charge in [-0.15, -0.1) is 0 Å². The molecule has 4 N–H and O–H groups in total. The molecule has 1 heterocycles. The lowest BCUT2D eigenvalue weighted by Crippen LogP contribution is -2.34. The summed E-state index contributed by atoms with van der Waals surface area (Å²) in [5, 5.41) is 9.25. The van der Waals surface area contributed by atoms with Crippen LogP contribution in [0.4, 0.5) is 10.6 Å². The summed E-state index contributed by atoms with van der Waals surface area (Å²) in [6, 6.07) is -0.198. The lowest BCUT2D eigenvalue weighted by Gasteiger charge is -2.04. The molecule has 0 saturated heterocycles. The van der Waals surface area contributed by atoms with E-state index >= 15 is 0 Å². The minimum absolute atomic E-state index is 0.198. The molecule has 0 atom stereocenters. The third-order valence-corrected chi connectivity index (χ3v) is 1.84. The quantitative estimate of drug-likeness (QED) is 0.628. The average molecular weight is 197 g/mol. The van der Waals surface area contributed by atoms with Crippen LogP contribution in [0.3, 0.4) is 0 Å². The van der Waals surface area contributed by atoms with Gasteiger partial charge in [-0.3, -0.25) is 4.68 Å². The maximum atomic E-state index is 11.0. The number of carbonyl (C=O) groups excluding carboxylic acids is 1. The molecular weight excluding hydrogens is 182 g/mol. The first-order valence-electron chi connectivity index (χ1n) is 4.43. The molecule has 0 bridgehead atoms. The maximum absolute atomic E-state index is 11.0. The Morgan fingerprint density at radius 1 is 1.64 bits per heavy atom. The molecule has 0 aromatic carbocycles. The molecule has 0 saturated carbocycles. The van der Waals surface area contributed by atoms with Crippen molar-refractivity contribution in [2.24, 2.45) is 7.05 Å². The summed E-state index contributed by atoms with van der Waals surface area (Å²) in [7, 11) is 1.75. The van der Waals surface area contributed by atoms with Gasteiger partial charge in [0.25, 0.3) is 0 Å². The number of nitrogen functional groups attached to an aromatic ring is 1. The van der Waals surface area contributed by atoms with E-state index in [4.69, 9.17) is 5.73 Å². The Labute approximate surface area is 82.5 Å². The SMILES string of the molecule is CCNC(=O)NCc1cnn(C)c1N. The van der Waals surface area contributed by atoms with Crippen molar-refractivity contribution in [3.63, 3.8) is 0 Å². The monoisotopic (exact) mass is 197 g/mol. The third kappa shape index (κ3) is 2.38. The molecule has 14 heavy (non-hydrogen) atoms. The number of hydrogen-bond acceptors (Lipinski definition) is 3. The van der Waals surface area contributed by atoms with E-state index in [1.54, 1.807) is 17.9 Å². The molecule has 0 spiro atoms. The van der Waals surface area contributed by atoms with Crippen molar-refractivity contribution in [2.45, 2.75) is 13.5 Å². The number of nitrogens with two attached hydrogens (primary N) is 1. The second-order valence-corrected chi connectivity index (χ2v) is 2.89. The fourth-order valence-electron chi connectivity index (χ4n) is 1.03. The Bertz CT molecular complexity index is 320. The topological polar surface area (TPSA) is 85.0 Å². The molecular formula is C8H15N5O. The predicted octanol–water partition coefficient (Wildman–Crippen LogP) is -0.179. The number of aromatic nitrogens is 2.